The molecule has 0 aliphatic heterocycles. The molecular weight excluding hydrogens is 134 g/mol. The molecule has 0 saturated carbocycles. The minimum atomic E-state index is -0.506. The first-order chi connectivity index (χ1) is 4.70. The van der Waals surface area contributed by atoms with Gasteiger partial charge < -0.3 is 9.84 Å². The number of rotatable bonds is 4. The highest BCUT2D eigenvalue weighted by molar-refractivity contribution is 5.81. The van der Waals surface area contributed by atoms with Gasteiger partial charge in [-0.05, 0) is 6.92 Å². The summed E-state index contributed by atoms with van der Waals surface area (Å²) in [6.45, 7) is 4.60. The smallest absolute Gasteiger partial charge is 0.331 e. The van der Waals surface area contributed by atoms with Gasteiger partial charge in [-0.2, -0.15) is 0 Å². The van der Waals surface area contributed by atoms with Gasteiger partial charge in [0.15, 0.2) is 6.23 Å². The summed E-state index contributed by atoms with van der Waals surface area (Å²) >= 11 is 0. The fraction of sp³-hybridized carbons (Fsp3) is 0.500. The van der Waals surface area contributed by atoms with E-state index in [4.69, 9.17) is 5.11 Å². The van der Waals surface area contributed by atoms with Crippen LogP contribution in [0.25, 0.3) is 0 Å². The lowest BCUT2D eigenvalue weighted by atomic mass is 10.6. The van der Waals surface area contributed by atoms with Crippen LogP contribution < -0.4 is 5.32 Å². The molecule has 0 aliphatic carbocycles. The molecule has 0 heterocycles. The predicted molar refractivity (Wildman–Crippen MR) is 36.0 cm³/mol. The first-order valence-electron chi connectivity index (χ1n) is 2.88. The number of carbonyl (C=O) groups is 1. The zero-order valence-corrected chi connectivity index (χ0v) is 5.83. The minimum Gasteiger partial charge on any atom is -0.444 e. The van der Waals surface area contributed by atoms with Gasteiger partial charge in [0, 0.05) is 6.08 Å². The average molecular weight is 145 g/mol. The molecule has 0 fully saturated rings. The molecule has 10 heavy (non-hydrogen) atoms. The number of hydrogen-bond acceptors (Lipinski definition) is 4. The Balaban J connectivity index is 3.46. The Morgan fingerprint density at radius 1 is 2.00 bits per heavy atom. The summed E-state index contributed by atoms with van der Waals surface area (Å²) < 4.78 is 4.61. The number of hydrogen-bond donors (Lipinski definition) is 2. The van der Waals surface area contributed by atoms with Crippen molar-refractivity contribution >= 4 is 5.97 Å². The van der Waals surface area contributed by atoms with E-state index in [0.29, 0.717) is 0 Å². The molecule has 0 aliphatic rings. The zero-order chi connectivity index (χ0) is 7.98. The highest BCUT2D eigenvalue weighted by Gasteiger charge is 2.02. The summed E-state index contributed by atoms with van der Waals surface area (Å²) in [6.07, 6.45) is 0.589. The Morgan fingerprint density at radius 2 is 2.60 bits per heavy atom. The van der Waals surface area contributed by atoms with Crippen LogP contribution in [0.15, 0.2) is 12.7 Å². The Hall–Kier alpha value is -0.870. The number of ether oxygens (including phenoxy) is 1. The van der Waals surface area contributed by atoms with Gasteiger partial charge in [-0.25, -0.2) is 4.79 Å². The molecule has 0 aromatic heterocycles. The first kappa shape index (κ1) is 9.13. The van der Waals surface area contributed by atoms with E-state index in [1.54, 1.807) is 6.92 Å². The molecule has 0 aromatic carbocycles. The third-order valence-electron chi connectivity index (χ3n) is 0.838. The van der Waals surface area contributed by atoms with E-state index in [0.717, 1.165) is 6.08 Å². The second-order valence-electron chi connectivity index (χ2n) is 1.65. The van der Waals surface area contributed by atoms with Crippen LogP contribution >= 0.6 is 0 Å². The molecule has 0 radical (unpaired) electrons. The minimum absolute atomic E-state index is 0.217. The second-order valence-corrected chi connectivity index (χ2v) is 1.65. The fourth-order valence-corrected chi connectivity index (χ4v) is 0.393. The van der Waals surface area contributed by atoms with E-state index in [1.807, 2.05) is 0 Å². The van der Waals surface area contributed by atoms with E-state index in [9.17, 15) is 4.79 Å². The van der Waals surface area contributed by atoms with Gasteiger partial charge in [-0.3, -0.25) is 5.32 Å². The number of esters is 1. The number of carbonyl (C=O) groups excluding carboxylic acids is 1. The SMILES string of the molecule is C=CC(=O)OC(C)NCO. The summed E-state index contributed by atoms with van der Waals surface area (Å²) in [5, 5.41) is 10.8. The van der Waals surface area contributed by atoms with Crippen molar-refractivity contribution in [3.8, 4) is 0 Å². The lowest BCUT2D eigenvalue weighted by molar-refractivity contribution is -0.144. The van der Waals surface area contributed by atoms with E-state index in [-0.39, 0.29) is 6.73 Å². The van der Waals surface area contributed by atoms with E-state index >= 15 is 0 Å². The van der Waals surface area contributed by atoms with Gasteiger partial charge in [-0.15, -0.1) is 0 Å². The monoisotopic (exact) mass is 145 g/mol. The Kier molecular flexibility index (Phi) is 4.53. The van der Waals surface area contributed by atoms with Crippen molar-refractivity contribution in [1.82, 2.24) is 5.32 Å². The highest BCUT2D eigenvalue weighted by Crippen LogP contribution is 1.85. The van der Waals surface area contributed by atoms with Gasteiger partial charge in [0.25, 0.3) is 0 Å². The Bertz CT molecular complexity index is 124. The fourth-order valence-electron chi connectivity index (χ4n) is 0.393. The third-order valence-corrected chi connectivity index (χ3v) is 0.838. The van der Waals surface area contributed by atoms with Crippen LogP contribution in [0.1, 0.15) is 6.92 Å². The maximum absolute atomic E-state index is 10.4. The van der Waals surface area contributed by atoms with Crippen LogP contribution in [-0.2, 0) is 9.53 Å². The van der Waals surface area contributed by atoms with E-state index < -0.39 is 12.2 Å². The molecule has 0 amide bonds. The standard InChI is InChI=1S/C6H11NO3/c1-3-6(9)10-5(2)7-4-8/h3,5,7-8H,1,4H2,2H3. The lowest BCUT2D eigenvalue weighted by Crippen LogP contribution is -2.31. The molecule has 0 bridgehead atoms. The maximum atomic E-state index is 10.4. The molecule has 0 aromatic rings. The molecular formula is C6H11NO3. The second kappa shape index (κ2) is 4.96. The summed E-state index contributed by atoms with van der Waals surface area (Å²) in [5.74, 6) is -0.506. The molecule has 1 unspecified atom stereocenters. The van der Waals surface area contributed by atoms with Crippen LogP contribution in [0.4, 0.5) is 0 Å². The van der Waals surface area contributed by atoms with Crippen molar-refractivity contribution in [2.75, 3.05) is 6.73 Å². The largest absolute Gasteiger partial charge is 0.444 e. The average Bonchev–Trinajstić information content (AvgIpc) is 1.88. The number of aliphatic hydroxyl groups excluding tert-OH is 1. The van der Waals surface area contributed by atoms with Gasteiger partial charge in [-0.1, -0.05) is 6.58 Å². The van der Waals surface area contributed by atoms with Crippen molar-refractivity contribution in [3.05, 3.63) is 12.7 Å². The quantitative estimate of drug-likeness (QED) is 0.321. The van der Waals surface area contributed by atoms with Crippen LogP contribution in [0.5, 0.6) is 0 Å². The zero-order valence-electron chi connectivity index (χ0n) is 5.83. The molecule has 0 saturated heterocycles. The van der Waals surface area contributed by atoms with Crippen LogP contribution in [0.3, 0.4) is 0 Å². The van der Waals surface area contributed by atoms with Gasteiger partial charge in [0.1, 0.15) is 0 Å². The predicted octanol–water partition coefficient (Wildman–Crippen LogP) is -0.399. The van der Waals surface area contributed by atoms with Crippen molar-refractivity contribution in [1.29, 1.82) is 0 Å². The lowest BCUT2D eigenvalue weighted by Gasteiger charge is -2.10. The first-order valence-corrected chi connectivity index (χ1v) is 2.88. The number of aliphatic hydroxyl groups is 1. The Labute approximate surface area is 59.5 Å². The van der Waals surface area contributed by atoms with Crippen molar-refractivity contribution < 1.29 is 14.6 Å². The highest BCUT2D eigenvalue weighted by atomic mass is 16.6. The molecule has 58 valence electrons. The Morgan fingerprint density at radius 3 is 3.00 bits per heavy atom. The van der Waals surface area contributed by atoms with E-state index in [2.05, 4.69) is 16.6 Å². The van der Waals surface area contributed by atoms with E-state index in [1.165, 1.54) is 0 Å². The van der Waals surface area contributed by atoms with Crippen molar-refractivity contribution in [2.45, 2.75) is 13.2 Å². The van der Waals surface area contributed by atoms with Gasteiger partial charge in [0.2, 0.25) is 0 Å². The molecule has 4 nitrogen and oxygen atoms in total. The third kappa shape index (κ3) is 4.05. The number of nitrogens with one attached hydrogen (secondary N) is 1. The maximum Gasteiger partial charge on any atom is 0.331 e. The molecule has 2 N–H and O–H groups in total. The molecule has 4 heteroatoms. The normalized spacial score (nSPS) is 12.2. The molecule has 1 atom stereocenters. The summed E-state index contributed by atoms with van der Waals surface area (Å²) in [6, 6.07) is 0. The molecule has 0 rings (SSSR count). The molecule has 0 spiro atoms. The topological polar surface area (TPSA) is 58.6 Å². The van der Waals surface area contributed by atoms with Crippen molar-refractivity contribution in [3.63, 3.8) is 0 Å². The van der Waals surface area contributed by atoms with Crippen LogP contribution in [0.2, 0.25) is 0 Å². The van der Waals surface area contributed by atoms with Gasteiger partial charge in [0.05, 0.1) is 6.73 Å². The summed E-state index contributed by atoms with van der Waals surface area (Å²) in [7, 11) is 0. The van der Waals surface area contributed by atoms with Crippen LogP contribution in [0, 0.1) is 0 Å². The summed E-state index contributed by atoms with van der Waals surface area (Å²) in [4.78, 5) is 10.4. The van der Waals surface area contributed by atoms with Crippen LogP contribution in [-0.4, -0.2) is 24.0 Å². The van der Waals surface area contributed by atoms with Crippen molar-refractivity contribution in [2.24, 2.45) is 0 Å². The summed E-state index contributed by atoms with van der Waals surface area (Å²) in [5.41, 5.74) is 0. The van der Waals surface area contributed by atoms with Gasteiger partial charge >= 0.3 is 5.97 Å².